The molecule has 6 rings (SSSR count). The van der Waals surface area contributed by atoms with Crippen LogP contribution in [-0.4, -0.2) is 53.2 Å². The van der Waals surface area contributed by atoms with Gasteiger partial charge in [-0.3, -0.25) is 4.79 Å². The summed E-state index contributed by atoms with van der Waals surface area (Å²) >= 11 is 6.39. The first-order valence-electron chi connectivity index (χ1n) is 11.8. The van der Waals surface area contributed by atoms with Crippen molar-refractivity contribution in [2.75, 3.05) is 37.9 Å². The summed E-state index contributed by atoms with van der Waals surface area (Å²) in [6.07, 6.45) is 4.20. The molecule has 1 amide bonds. The minimum absolute atomic E-state index is 0.123. The van der Waals surface area contributed by atoms with Crippen molar-refractivity contribution in [2.24, 2.45) is 0 Å². The molecule has 2 aromatic carbocycles. The number of hydrogen-bond acceptors (Lipinski definition) is 5. The lowest BCUT2D eigenvalue weighted by Crippen LogP contribution is -2.49. The molecule has 0 N–H and O–H groups in total. The SMILES string of the molecule is O=C(CC(c1ccc2c(c1)OCO2)c1cnc2ccccn12)N1CCN(c2ccccc2Cl)CC1. The molecule has 0 spiro atoms. The van der Waals surface area contributed by atoms with Crippen LogP contribution in [0.5, 0.6) is 11.5 Å². The maximum atomic E-state index is 13.6. The Morgan fingerprint density at radius 1 is 0.971 bits per heavy atom. The normalized spacial score (nSPS) is 16.0. The number of pyridine rings is 1. The standard InChI is InChI=1S/C27H25ClN4O3/c28-21-5-1-2-6-22(21)30-11-13-31(14-12-30)27(33)16-20(19-8-9-24-25(15-19)35-18-34-24)23-17-29-26-7-3-4-10-32(23)26/h1-10,15,17,20H,11-14,16,18H2. The minimum atomic E-state index is -0.170. The van der Waals surface area contributed by atoms with Crippen molar-refractivity contribution in [3.63, 3.8) is 0 Å². The molecule has 0 aliphatic carbocycles. The van der Waals surface area contributed by atoms with Gasteiger partial charge >= 0.3 is 0 Å². The van der Waals surface area contributed by atoms with Crippen LogP contribution in [0.15, 0.2) is 73.1 Å². The molecule has 0 bridgehead atoms. The fraction of sp³-hybridized carbons (Fsp3) is 0.259. The van der Waals surface area contributed by atoms with Gasteiger partial charge in [-0.2, -0.15) is 0 Å². The first-order chi connectivity index (χ1) is 17.2. The summed E-state index contributed by atoms with van der Waals surface area (Å²) in [6.45, 7) is 3.03. The van der Waals surface area contributed by atoms with Crippen molar-refractivity contribution in [3.8, 4) is 11.5 Å². The number of carbonyl (C=O) groups excluding carboxylic acids is 1. The van der Waals surface area contributed by atoms with Gasteiger partial charge in [0.25, 0.3) is 0 Å². The highest BCUT2D eigenvalue weighted by atomic mass is 35.5. The molecule has 4 aromatic rings. The van der Waals surface area contributed by atoms with Crippen molar-refractivity contribution in [1.29, 1.82) is 0 Å². The summed E-state index contributed by atoms with van der Waals surface area (Å²) in [6, 6.07) is 19.7. The maximum Gasteiger partial charge on any atom is 0.231 e. The van der Waals surface area contributed by atoms with Crippen LogP contribution in [0.2, 0.25) is 5.02 Å². The zero-order valence-electron chi connectivity index (χ0n) is 19.1. The van der Waals surface area contributed by atoms with E-state index in [1.54, 1.807) is 0 Å². The lowest BCUT2D eigenvalue weighted by atomic mass is 9.91. The van der Waals surface area contributed by atoms with Gasteiger partial charge < -0.3 is 23.7 Å². The van der Waals surface area contributed by atoms with Crippen LogP contribution in [0.1, 0.15) is 23.6 Å². The highest BCUT2D eigenvalue weighted by Gasteiger charge is 2.28. The lowest BCUT2D eigenvalue weighted by molar-refractivity contribution is -0.131. The Morgan fingerprint density at radius 3 is 2.63 bits per heavy atom. The molecule has 8 heteroatoms. The fourth-order valence-corrected chi connectivity index (χ4v) is 5.20. The van der Waals surface area contributed by atoms with Crippen LogP contribution in [0.4, 0.5) is 5.69 Å². The minimum Gasteiger partial charge on any atom is -0.454 e. The second-order valence-corrected chi connectivity index (χ2v) is 9.21. The van der Waals surface area contributed by atoms with Gasteiger partial charge in [-0.05, 0) is 42.0 Å². The van der Waals surface area contributed by atoms with Crippen molar-refractivity contribution < 1.29 is 14.3 Å². The van der Waals surface area contributed by atoms with Crippen molar-refractivity contribution in [3.05, 3.63) is 89.3 Å². The van der Waals surface area contributed by atoms with Gasteiger partial charge in [0.05, 0.1) is 16.4 Å². The third kappa shape index (κ3) is 4.17. The number of anilines is 1. The third-order valence-corrected chi connectivity index (χ3v) is 7.13. The molecule has 1 unspecified atom stereocenters. The van der Waals surface area contributed by atoms with Crippen molar-refractivity contribution in [2.45, 2.75) is 12.3 Å². The topological polar surface area (TPSA) is 59.3 Å². The van der Waals surface area contributed by atoms with E-state index in [2.05, 4.69) is 14.3 Å². The van der Waals surface area contributed by atoms with E-state index in [1.807, 2.05) is 78.0 Å². The highest BCUT2D eigenvalue weighted by molar-refractivity contribution is 6.33. The van der Waals surface area contributed by atoms with E-state index in [4.69, 9.17) is 21.1 Å². The Balaban J connectivity index is 1.25. The number of halogens is 1. The number of para-hydroxylation sites is 1. The Labute approximate surface area is 208 Å². The van der Waals surface area contributed by atoms with Gasteiger partial charge in [0, 0.05) is 50.9 Å². The van der Waals surface area contributed by atoms with Gasteiger partial charge in [0.15, 0.2) is 11.5 Å². The molecule has 4 heterocycles. The summed E-state index contributed by atoms with van der Waals surface area (Å²) in [7, 11) is 0. The van der Waals surface area contributed by atoms with Crippen LogP contribution in [-0.2, 0) is 4.79 Å². The largest absolute Gasteiger partial charge is 0.454 e. The predicted molar refractivity (Wildman–Crippen MR) is 134 cm³/mol. The summed E-state index contributed by atoms with van der Waals surface area (Å²) in [5, 5.41) is 0.739. The van der Waals surface area contributed by atoms with Crippen molar-refractivity contribution in [1.82, 2.24) is 14.3 Å². The number of aromatic nitrogens is 2. The molecule has 2 aliphatic rings. The number of fused-ring (bicyclic) bond motifs is 2. The van der Waals surface area contributed by atoms with E-state index in [-0.39, 0.29) is 18.6 Å². The molecule has 2 aliphatic heterocycles. The quantitative estimate of drug-likeness (QED) is 0.411. The highest BCUT2D eigenvalue weighted by Crippen LogP contribution is 2.38. The first-order valence-corrected chi connectivity index (χ1v) is 12.1. The first kappa shape index (κ1) is 21.8. The Kier molecular flexibility index (Phi) is 5.70. The van der Waals surface area contributed by atoms with Gasteiger partial charge in [-0.15, -0.1) is 0 Å². The monoisotopic (exact) mass is 488 g/mol. The van der Waals surface area contributed by atoms with E-state index < -0.39 is 0 Å². The molecule has 2 aromatic heterocycles. The van der Waals surface area contributed by atoms with Gasteiger partial charge in [0.2, 0.25) is 12.7 Å². The number of hydrogen-bond donors (Lipinski definition) is 0. The average molecular weight is 489 g/mol. The third-order valence-electron chi connectivity index (χ3n) is 6.81. The molecule has 35 heavy (non-hydrogen) atoms. The fourth-order valence-electron chi connectivity index (χ4n) is 4.94. The van der Waals surface area contributed by atoms with Crippen LogP contribution >= 0.6 is 11.6 Å². The second-order valence-electron chi connectivity index (χ2n) is 8.80. The number of piperazine rings is 1. The number of amides is 1. The number of ether oxygens (including phenoxy) is 2. The van der Waals surface area contributed by atoms with E-state index in [1.165, 1.54) is 0 Å². The molecule has 0 radical (unpaired) electrons. The molecule has 7 nitrogen and oxygen atoms in total. The molecule has 0 saturated carbocycles. The van der Waals surface area contributed by atoms with Crippen LogP contribution in [0.25, 0.3) is 5.65 Å². The van der Waals surface area contributed by atoms with E-state index in [0.29, 0.717) is 25.3 Å². The van der Waals surface area contributed by atoms with Crippen molar-refractivity contribution >= 4 is 28.8 Å². The summed E-state index contributed by atoms with van der Waals surface area (Å²) in [5.41, 5.74) is 3.85. The summed E-state index contributed by atoms with van der Waals surface area (Å²) in [5.74, 6) is 1.39. The van der Waals surface area contributed by atoms with Crippen LogP contribution in [0.3, 0.4) is 0 Å². The van der Waals surface area contributed by atoms with Gasteiger partial charge in [0.1, 0.15) is 5.65 Å². The average Bonchev–Trinajstić information content (AvgIpc) is 3.54. The summed E-state index contributed by atoms with van der Waals surface area (Å²) < 4.78 is 13.2. The smallest absolute Gasteiger partial charge is 0.231 e. The zero-order valence-corrected chi connectivity index (χ0v) is 19.9. The number of rotatable bonds is 5. The van der Waals surface area contributed by atoms with E-state index in [9.17, 15) is 4.79 Å². The van der Waals surface area contributed by atoms with Gasteiger partial charge in [-0.1, -0.05) is 35.9 Å². The number of carbonyl (C=O) groups is 1. The molecule has 178 valence electrons. The van der Waals surface area contributed by atoms with Crippen LogP contribution in [0, 0.1) is 0 Å². The Hall–Kier alpha value is -3.71. The molecule has 1 saturated heterocycles. The lowest BCUT2D eigenvalue weighted by Gasteiger charge is -2.37. The van der Waals surface area contributed by atoms with E-state index in [0.717, 1.165) is 46.5 Å². The number of benzene rings is 2. The van der Waals surface area contributed by atoms with Gasteiger partial charge in [-0.25, -0.2) is 4.98 Å². The molecule has 1 atom stereocenters. The molecular formula is C27H25ClN4O3. The van der Waals surface area contributed by atoms with Crippen LogP contribution < -0.4 is 14.4 Å². The second kappa shape index (κ2) is 9.15. The molecule has 1 fully saturated rings. The van der Waals surface area contributed by atoms with E-state index >= 15 is 0 Å². The Morgan fingerprint density at radius 2 is 1.77 bits per heavy atom. The maximum absolute atomic E-state index is 13.6. The predicted octanol–water partition coefficient (Wildman–Crippen LogP) is 4.59. The number of nitrogens with zero attached hydrogens (tertiary/aromatic N) is 4. The Bertz CT molecular complexity index is 1380. The number of imidazole rings is 1. The zero-order chi connectivity index (χ0) is 23.8. The summed E-state index contributed by atoms with van der Waals surface area (Å²) in [4.78, 5) is 22.3. The molecular weight excluding hydrogens is 464 g/mol.